The van der Waals surface area contributed by atoms with E-state index in [0.717, 1.165) is 0 Å². The van der Waals surface area contributed by atoms with Gasteiger partial charge in [-0.25, -0.2) is 0 Å². The van der Waals surface area contributed by atoms with Crippen LogP contribution in [0.5, 0.6) is 0 Å². The molecule has 0 fully saturated rings. The third-order valence-electron chi connectivity index (χ3n) is 2.56. The molecule has 0 aromatic heterocycles. The Hall–Kier alpha value is -1.07. The number of carboxylic acid groups (broad SMARTS) is 1. The van der Waals surface area contributed by atoms with Gasteiger partial charge in [0.25, 0.3) is 0 Å². The van der Waals surface area contributed by atoms with Crippen LogP contribution in [0.3, 0.4) is 0 Å². The molecule has 1 atom stereocenters. The topological polar surface area (TPSA) is 66.4 Å². The first-order chi connectivity index (χ1) is 8.62. The number of aliphatic carboxylic acids is 1. The van der Waals surface area contributed by atoms with E-state index >= 15 is 0 Å². The lowest BCUT2D eigenvalue weighted by Crippen LogP contribution is -2.39. The van der Waals surface area contributed by atoms with E-state index in [1.54, 1.807) is 39.0 Å². The van der Waals surface area contributed by atoms with Crippen molar-refractivity contribution in [3.05, 3.63) is 27.7 Å². The van der Waals surface area contributed by atoms with E-state index in [1.165, 1.54) is 0 Å². The van der Waals surface area contributed by atoms with Crippen LogP contribution in [-0.2, 0) is 9.59 Å². The number of hydrogen-bond donors (Lipinski definition) is 2. The van der Waals surface area contributed by atoms with Crippen LogP contribution in [0.25, 0.3) is 0 Å². The number of benzene rings is 1. The Morgan fingerprint density at radius 3 is 2.37 bits per heavy atom. The standard InChI is InChI=1S/C13H15BrClNO3/c1-13(2,3)10(12(18)19)11(17)16-7-4-5-8(14)9(15)6-7/h4-6,10H,1-3H3,(H,16,17)(H,18,19). The fourth-order valence-corrected chi connectivity index (χ4v) is 2.09. The fourth-order valence-electron chi connectivity index (χ4n) is 1.66. The first-order valence-corrected chi connectivity index (χ1v) is 6.78. The second kappa shape index (κ2) is 5.92. The van der Waals surface area contributed by atoms with Crippen molar-refractivity contribution in [1.29, 1.82) is 0 Å². The summed E-state index contributed by atoms with van der Waals surface area (Å²) < 4.78 is 0.706. The summed E-state index contributed by atoms with van der Waals surface area (Å²) >= 11 is 9.16. The van der Waals surface area contributed by atoms with Gasteiger partial charge in [-0.15, -0.1) is 0 Å². The largest absolute Gasteiger partial charge is 0.481 e. The predicted molar refractivity (Wildman–Crippen MR) is 78.4 cm³/mol. The van der Waals surface area contributed by atoms with Crippen LogP contribution < -0.4 is 5.32 Å². The molecule has 0 aliphatic rings. The van der Waals surface area contributed by atoms with Gasteiger partial charge in [0.1, 0.15) is 5.92 Å². The van der Waals surface area contributed by atoms with Gasteiger partial charge in [-0.05, 0) is 39.5 Å². The fraction of sp³-hybridized carbons (Fsp3) is 0.385. The molecule has 1 aromatic carbocycles. The van der Waals surface area contributed by atoms with Crippen molar-refractivity contribution in [3.63, 3.8) is 0 Å². The lowest BCUT2D eigenvalue weighted by molar-refractivity contribution is -0.149. The van der Waals surface area contributed by atoms with Gasteiger partial charge in [0.2, 0.25) is 5.91 Å². The molecule has 0 bridgehead atoms. The van der Waals surface area contributed by atoms with Crippen molar-refractivity contribution in [2.24, 2.45) is 11.3 Å². The highest BCUT2D eigenvalue weighted by Gasteiger charge is 2.37. The molecule has 1 unspecified atom stereocenters. The average Bonchev–Trinajstić information content (AvgIpc) is 2.20. The van der Waals surface area contributed by atoms with E-state index in [2.05, 4.69) is 21.2 Å². The lowest BCUT2D eigenvalue weighted by Gasteiger charge is -2.25. The summed E-state index contributed by atoms with van der Waals surface area (Å²) in [5.41, 5.74) is -0.205. The number of halogens is 2. The minimum atomic E-state index is -1.15. The quantitative estimate of drug-likeness (QED) is 0.817. The zero-order chi connectivity index (χ0) is 14.8. The Kier molecular flexibility index (Phi) is 4.98. The molecule has 0 aliphatic carbocycles. The number of rotatable bonds is 3. The van der Waals surface area contributed by atoms with Crippen LogP contribution in [0.4, 0.5) is 5.69 Å². The third kappa shape index (κ3) is 4.21. The molecule has 0 radical (unpaired) electrons. The van der Waals surface area contributed by atoms with Crippen molar-refractivity contribution < 1.29 is 14.7 Å². The number of hydrogen-bond acceptors (Lipinski definition) is 2. The maximum atomic E-state index is 12.1. The summed E-state index contributed by atoms with van der Waals surface area (Å²) in [4.78, 5) is 23.3. The van der Waals surface area contributed by atoms with Gasteiger partial charge < -0.3 is 10.4 Å². The molecule has 0 saturated heterocycles. The van der Waals surface area contributed by atoms with E-state index < -0.39 is 23.2 Å². The summed E-state index contributed by atoms with van der Waals surface area (Å²) in [6.07, 6.45) is 0. The zero-order valence-electron chi connectivity index (χ0n) is 10.8. The monoisotopic (exact) mass is 347 g/mol. The van der Waals surface area contributed by atoms with E-state index in [-0.39, 0.29) is 0 Å². The maximum absolute atomic E-state index is 12.1. The Morgan fingerprint density at radius 1 is 1.37 bits per heavy atom. The van der Waals surface area contributed by atoms with Crippen LogP contribution >= 0.6 is 27.5 Å². The Bertz CT molecular complexity index is 511. The molecule has 19 heavy (non-hydrogen) atoms. The van der Waals surface area contributed by atoms with Crippen molar-refractivity contribution in [2.75, 3.05) is 5.32 Å². The summed E-state index contributed by atoms with van der Waals surface area (Å²) in [7, 11) is 0. The zero-order valence-corrected chi connectivity index (χ0v) is 13.2. The minimum absolute atomic E-state index is 0.445. The van der Waals surface area contributed by atoms with E-state index in [0.29, 0.717) is 15.2 Å². The second-order valence-corrected chi connectivity index (χ2v) is 6.52. The average molecular weight is 349 g/mol. The van der Waals surface area contributed by atoms with Crippen LogP contribution in [0.1, 0.15) is 20.8 Å². The van der Waals surface area contributed by atoms with Crippen molar-refractivity contribution in [3.8, 4) is 0 Å². The number of carbonyl (C=O) groups excluding carboxylic acids is 1. The van der Waals surface area contributed by atoms with Crippen LogP contribution in [0.2, 0.25) is 5.02 Å². The molecule has 1 amide bonds. The molecule has 104 valence electrons. The first kappa shape index (κ1) is 16.0. The molecule has 0 saturated carbocycles. The Labute approximate surface area is 125 Å². The lowest BCUT2D eigenvalue weighted by atomic mass is 9.80. The van der Waals surface area contributed by atoms with Gasteiger partial charge in [0.05, 0.1) is 5.02 Å². The molecular formula is C13H15BrClNO3. The Morgan fingerprint density at radius 2 is 1.95 bits per heavy atom. The van der Waals surface area contributed by atoms with Gasteiger partial charge >= 0.3 is 5.97 Å². The highest BCUT2D eigenvalue weighted by atomic mass is 79.9. The van der Waals surface area contributed by atoms with E-state index in [4.69, 9.17) is 16.7 Å². The molecule has 0 heterocycles. The van der Waals surface area contributed by atoms with Gasteiger partial charge in [0, 0.05) is 10.2 Å². The number of carboxylic acids is 1. The van der Waals surface area contributed by atoms with Crippen LogP contribution in [0, 0.1) is 11.3 Å². The molecule has 4 nitrogen and oxygen atoms in total. The van der Waals surface area contributed by atoms with Gasteiger partial charge in [0.15, 0.2) is 0 Å². The first-order valence-electron chi connectivity index (χ1n) is 5.61. The van der Waals surface area contributed by atoms with Gasteiger partial charge in [-0.3, -0.25) is 9.59 Å². The molecule has 6 heteroatoms. The van der Waals surface area contributed by atoms with Crippen LogP contribution in [0.15, 0.2) is 22.7 Å². The smallest absolute Gasteiger partial charge is 0.316 e. The normalized spacial score (nSPS) is 12.9. The SMILES string of the molecule is CC(C)(C)C(C(=O)O)C(=O)Nc1ccc(Br)c(Cl)c1. The highest BCUT2D eigenvalue weighted by molar-refractivity contribution is 9.10. The molecular weight excluding hydrogens is 334 g/mol. The van der Waals surface area contributed by atoms with E-state index in [9.17, 15) is 9.59 Å². The number of amides is 1. The van der Waals surface area contributed by atoms with Gasteiger partial charge in [-0.1, -0.05) is 32.4 Å². The van der Waals surface area contributed by atoms with Crippen LogP contribution in [-0.4, -0.2) is 17.0 Å². The van der Waals surface area contributed by atoms with Gasteiger partial charge in [-0.2, -0.15) is 0 Å². The molecule has 2 N–H and O–H groups in total. The number of carbonyl (C=O) groups is 2. The Balaban J connectivity index is 2.94. The van der Waals surface area contributed by atoms with Crippen molar-refractivity contribution in [2.45, 2.75) is 20.8 Å². The summed E-state index contributed by atoms with van der Waals surface area (Å²) in [6, 6.07) is 4.89. The maximum Gasteiger partial charge on any atom is 0.316 e. The number of anilines is 1. The highest BCUT2D eigenvalue weighted by Crippen LogP contribution is 2.29. The van der Waals surface area contributed by atoms with Crippen molar-refractivity contribution in [1.82, 2.24) is 0 Å². The summed E-state index contributed by atoms with van der Waals surface area (Å²) in [6.45, 7) is 5.12. The van der Waals surface area contributed by atoms with E-state index in [1.807, 2.05) is 0 Å². The second-order valence-electron chi connectivity index (χ2n) is 5.26. The third-order valence-corrected chi connectivity index (χ3v) is 3.79. The summed E-state index contributed by atoms with van der Waals surface area (Å²) in [5, 5.41) is 12.2. The summed E-state index contributed by atoms with van der Waals surface area (Å²) in [5.74, 6) is -2.83. The molecule has 0 spiro atoms. The minimum Gasteiger partial charge on any atom is -0.481 e. The number of nitrogens with one attached hydrogen (secondary N) is 1. The molecule has 1 aromatic rings. The predicted octanol–water partition coefficient (Wildman–Crippen LogP) is 3.79. The molecule has 0 aliphatic heterocycles. The molecule has 1 rings (SSSR count). The van der Waals surface area contributed by atoms with Crippen molar-refractivity contribution >= 4 is 45.1 Å².